The SMILES string of the molecule is CC(C)(C)c1[c-]c2c(cc1)-c1ccc(C(C)(C)C)cc1C2.CC[Si](=[Ti+2])CC.Cc1ccc[cH-]1.[Cl-].[Cl-]. The van der Waals surface area contributed by atoms with Gasteiger partial charge in [0.2, 0.25) is 0 Å². The van der Waals surface area contributed by atoms with Crippen LogP contribution in [-0.2, 0) is 36.4 Å². The minimum Gasteiger partial charge on any atom is -1.00 e. The van der Waals surface area contributed by atoms with Gasteiger partial charge in [0.1, 0.15) is 0 Å². The van der Waals surface area contributed by atoms with E-state index < -0.39 is 0 Å². The monoisotopic (exact) mass is 560 g/mol. The molecule has 0 saturated heterocycles. The molecule has 4 rings (SSSR count). The van der Waals surface area contributed by atoms with E-state index in [1.165, 1.54) is 51.0 Å². The number of benzene rings is 2. The van der Waals surface area contributed by atoms with Crippen LogP contribution in [0.2, 0.25) is 12.1 Å². The van der Waals surface area contributed by atoms with Crippen LogP contribution in [0.25, 0.3) is 11.1 Å². The molecule has 0 unspecified atom stereocenters. The van der Waals surface area contributed by atoms with Gasteiger partial charge in [-0.1, -0.05) is 72.2 Å². The van der Waals surface area contributed by atoms with Gasteiger partial charge in [-0.25, -0.2) is 12.1 Å². The number of rotatable bonds is 2. The molecule has 0 saturated carbocycles. The summed E-state index contributed by atoms with van der Waals surface area (Å²) in [6.45, 7) is 20.2. The Morgan fingerprint density at radius 3 is 1.89 bits per heavy atom. The van der Waals surface area contributed by atoms with Gasteiger partial charge in [-0.2, -0.15) is 41.5 Å². The van der Waals surface area contributed by atoms with E-state index in [-0.39, 0.29) is 41.8 Å². The van der Waals surface area contributed by atoms with E-state index in [0.717, 1.165) is 6.42 Å². The fraction of sp³-hybridized carbons (Fsp3) is 0.452. The van der Waals surface area contributed by atoms with E-state index in [1.807, 2.05) is 12.1 Å². The van der Waals surface area contributed by atoms with Crippen LogP contribution >= 0.6 is 0 Å². The molecule has 4 heteroatoms. The maximum absolute atomic E-state index is 3.67. The second-order valence-electron chi connectivity index (χ2n) is 11.1. The summed E-state index contributed by atoms with van der Waals surface area (Å²) in [6, 6.07) is 26.3. The first-order valence-corrected chi connectivity index (χ1v) is 16.6. The summed E-state index contributed by atoms with van der Waals surface area (Å²) in [5.41, 5.74) is 10.0. The Bertz CT molecular complexity index is 987. The normalized spacial score (nSPS) is 11.4. The van der Waals surface area contributed by atoms with Crippen LogP contribution in [0.15, 0.2) is 54.6 Å². The molecule has 0 spiro atoms. The Morgan fingerprint density at radius 1 is 0.886 bits per heavy atom. The van der Waals surface area contributed by atoms with Crippen molar-refractivity contribution in [1.29, 1.82) is 0 Å². The molecule has 1 aliphatic carbocycles. The van der Waals surface area contributed by atoms with E-state index in [4.69, 9.17) is 0 Å². The van der Waals surface area contributed by atoms with Gasteiger partial charge in [0, 0.05) is 0 Å². The van der Waals surface area contributed by atoms with Crippen LogP contribution in [0, 0.1) is 13.0 Å². The van der Waals surface area contributed by atoms with E-state index in [2.05, 4.69) is 130 Å². The zero-order chi connectivity index (χ0) is 24.8. The molecule has 0 fully saturated rings. The molecule has 3 aromatic carbocycles. The van der Waals surface area contributed by atoms with Crippen molar-refractivity contribution >= 4 is 6.19 Å². The molecule has 0 heterocycles. The third-order valence-corrected chi connectivity index (χ3v) is 11.2. The minimum absolute atomic E-state index is 0. The van der Waals surface area contributed by atoms with Crippen molar-refractivity contribution in [2.45, 2.75) is 91.7 Å². The zero-order valence-corrected chi connectivity index (χ0v) is 27.1. The third-order valence-electron chi connectivity index (χ3n) is 6.15. The molecule has 0 N–H and O–H groups in total. The molecule has 190 valence electrons. The summed E-state index contributed by atoms with van der Waals surface area (Å²) in [6.07, 6.45) is 1.16. The average Bonchev–Trinajstić information content (AvgIpc) is 3.38. The maximum Gasteiger partial charge on any atom is -0.0635 e. The first kappa shape index (κ1) is 34.3. The van der Waals surface area contributed by atoms with Gasteiger partial charge in [-0.3, -0.25) is 0 Å². The predicted octanol–water partition coefficient (Wildman–Crippen LogP) is 2.94. The van der Waals surface area contributed by atoms with E-state index in [1.54, 1.807) is 0 Å². The molecular formula is C31H42Cl2SiTi-2. The Balaban J connectivity index is 0.000000688. The van der Waals surface area contributed by atoms with E-state index in [0.29, 0.717) is 0 Å². The maximum atomic E-state index is 3.67. The summed E-state index contributed by atoms with van der Waals surface area (Å²) in [5, 5.41) is 0. The number of aryl methyl sites for hydroxylation is 1. The van der Waals surface area contributed by atoms with Crippen molar-refractivity contribution in [2.24, 2.45) is 0 Å². The Kier molecular flexibility index (Phi) is 14.6. The quantitative estimate of drug-likeness (QED) is 0.261. The van der Waals surface area contributed by atoms with Crippen LogP contribution < -0.4 is 24.8 Å². The van der Waals surface area contributed by atoms with Crippen LogP contribution in [0.3, 0.4) is 0 Å². The largest absolute Gasteiger partial charge is 1.00 e. The van der Waals surface area contributed by atoms with Gasteiger partial charge in [0.05, 0.1) is 0 Å². The third kappa shape index (κ3) is 10.3. The van der Waals surface area contributed by atoms with Gasteiger partial charge in [-0.15, -0.1) is 11.1 Å². The number of fused-ring (bicyclic) bond motifs is 3. The van der Waals surface area contributed by atoms with Crippen LogP contribution in [0.1, 0.15) is 83.2 Å². The van der Waals surface area contributed by atoms with Gasteiger partial charge in [-0.05, 0) is 28.4 Å². The van der Waals surface area contributed by atoms with Gasteiger partial charge in [0.15, 0.2) is 0 Å². The Hall–Kier alpha value is -0.699. The minimum atomic E-state index is 0. The van der Waals surface area contributed by atoms with Crippen molar-refractivity contribution in [3.8, 4) is 11.1 Å². The summed E-state index contributed by atoms with van der Waals surface area (Å²) in [7, 11) is 0. The molecule has 0 bridgehead atoms. The first-order valence-electron chi connectivity index (χ1n) is 12.3. The Labute approximate surface area is 240 Å². The van der Waals surface area contributed by atoms with Crippen LogP contribution in [0.4, 0.5) is 0 Å². The van der Waals surface area contributed by atoms with Crippen molar-refractivity contribution in [3.63, 3.8) is 0 Å². The molecule has 1 aliphatic rings. The molecule has 35 heavy (non-hydrogen) atoms. The molecular weight excluding hydrogens is 519 g/mol. The molecule has 0 amide bonds. The second kappa shape index (κ2) is 14.9. The first-order chi connectivity index (χ1) is 15.4. The van der Waals surface area contributed by atoms with Crippen LogP contribution in [-0.4, -0.2) is 6.19 Å². The molecule has 3 aromatic rings. The topological polar surface area (TPSA) is 0 Å². The summed E-state index contributed by atoms with van der Waals surface area (Å²) in [4.78, 5) is 0. The smallest absolute Gasteiger partial charge is 0.0635 e. The Morgan fingerprint density at radius 2 is 1.49 bits per heavy atom. The fourth-order valence-electron chi connectivity index (χ4n) is 3.75. The molecule has 0 aromatic heterocycles. The number of halogens is 2. The van der Waals surface area contributed by atoms with Crippen molar-refractivity contribution < 1.29 is 44.0 Å². The van der Waals surface area contributed by atoms with Gasteiger partial charge >= 0.3 is 51.3 Å². The van der Waals surface area contributed by atoms with Gasteiger partial charge < -0.3 is 24.8 Å². The average molecular weight is 562 g/mol. The summed E-state index contributed by atoms with van der Waals surface area (Å²) >= 11 is 2.38. The summed E-state index contributed by atoms with van der Waals surface area (Å²) in [5.74, 6) is 0. The van der Waals surface area contributed by atoms with Crippen molar-refractivity contribution in [1.82, 2.24) is 0 Å². The van der Waals surface area contributed by atoms with Crippen molar-refractivity contribution in [2.75, 3.05) is 0 Å². The molecule has 0 radical (unpaired) electrons. The fourth-order valence-corrected chi connectivity index (χ4v) is 4.25. The zero-order valence-electron chi connectivity index (χ0n) is 23.1. The second-order valence-corrected chi connectivity index (χ2v) is 17.0. The van der Waals surface area contributed by atoms with Crippen molar-refractivity contribution in [3.05, 3.63) is 88.5 Å². The van der Waals surface area contributed by atoms with Crippen LogP contribution in [0.5, 0.6) is 0 Å². The predicted molar refractivity (Wildman–Crippen MR) is 144 cm³/mol. The van der Waals surface area contributed by atoms with E-state index in [9.17, 15) is 0 Å². The summed E-state index contributed by atoms with van der Waals surface area (Å²) < 4.78 is 0. The standard InChI is InChI=1S/C21H25.C6H7.C4H10Si.2ClH.Ti/c1-20(2,3)16-7-9-18-14(12-16)11-15-13-17(21(4,5)6)8-10-19(15)18;1-6-4-2-3-5-6;1-3-5-4-2;;;/h7-10,12H,11H2,1-6H3;2-5H,1H3;3-4H2,1-2H3;2*1H;/q2*-1;;;;+2/p-2. The number of hydrogen-bond acceptors (Lipinski definition) is 0. The molecule has 0 aliphatic heterocycles. The molecule has 0 nitrogen and oxygen atoms in total. The van der Waals surface area contributed by atoms with Gasteiger partial charge in [0.25, 0.3) is 0 Å². The number of hydrogen-bond donors (Lipinski definition) is 0. The van der Waals surface area contributed by atoms with E-state index >= 15 is 0 Å². The molecule has 0 atom stereocenters.